The molecular weight excluding hydrogens is 300 g/mol. The third-order valence-electron chi connectivity index (χ3n) is 3.90. The van der Waals surface area contributed by atoms with Crippen LogP contribution in [-0.4, -0.2) is 13.0 Å². The predicted molar refractivity (Wildman–Crippen MR) is 84.6 cm³/mol. The molecule has 0 N–H and O–H groups in total. The number of methoxy groups -OCH3 is 1. The van der Waals surface area contributed by atoms with Gasteiger partial charge < -0.3 is 9.64 Å². The van der Waals surface area contributed by atoms with E-state index in [1.165, 1.54) is 12.1 Å². The van der Waals surface area contributed by atoms with Crippen LogP contribution in [0.25, 0.3) is 6.08 Å². The van der Waals surface area contributed by atoms with Crippen LogP contribution in [0.4, 0.5) is 14.5 Å². The number of amides is 1. The number of benzene rings is 2. The minimum atomic E-state index is -3.50. The van der Waals surface area contributed by atoms with E-state index in [-0.39, 0.29) is 17.8 Å². The molecule has 1 heterocycles. The number of carbonyl (C=O) groups excluding carboxylic acids is 1. The van der Waals surface area contributed by atoms with Gasteiger partial charge in [-0.3, -0.25) is 4.79 Å². The van der Waals surface area contributed by atoms with Crippen molar-refractivity contribution >= 4 is 17.7 Å². The van der Waals surface area contributed by atoms with Crippen LogP contribution in [-0.2, 0) is 17.3 Å². The Morgan fingerprint density at radius 3 is 2.52 bits per heavy atom. The topological polar surface area (TPSA) is 29.5 Å². The number of ether oxygens (including phenoxy) is 1. The van der Waals surface area contributed by atoms with Gasteiger partial charge in [0, 0.05) is 0 Å². The quantitative estimate of drug-likeness (QED) is 0.854. The Morgan fingerprint density at radius 1 is 1.22 bits per heavy atom. The van der Waals surface area contributed by atoms with Crippen LogP contribution in [0.1, 0.15) is 16.7 Å². The van der Waals surface area contributed by atoms with E-state index in [9.17, 15) is 13.6 Å². The fourth-order valence-corrected chi connectivity index (χ4v) is 2.63. The molecule has 0 radical (unpaired) electrons. The Bertz CT molecular complexity index is 769. The molecule has 3 nitrogen and oxygen atoms in total. The summed E-state index contributed by atoms with van der Waals surface area (Å²) in [5, 5.41) is 0. The Hall–Kier alpha value is -2.69. The smallest absolute Gasteiger partial charge is 0.352 e. The van der Waals surface area contributed by atoms with Gasteiger partial charge in [-0.2, -0.15) is 8.78 Å². The molecular formula is C18H15F2NO2. The summed E-state index contributed by atoms with van der Waals surface area (Å²) in [5.74, 6) is -4.03. The molecule has 5 heteroatoms. The molecule has 0 spiro atoms. The number of nitrogens with zero attached hydrogens (tertiary/aromatic N) is 1. The normalized spacial score (nSPS) is 15.4. The number of fused-ring (bicyclic) bond motifs is 1. The average Bonchev–Trinajstić information content (AvgIpc) is 2.76. The van der Waals surface area contributed by atoms with Crippen molar-refractivity contribution < 1.29 is 18.3 Å². The molecule has 0 aliphatic carbocycles. The highest BCUT2D eigenvalue weighted by atomic mass is 19.3. The van der Waals surface area contributed by atoms with Gasteiger partial charge in [0.1, 0.15) is 5.75 Å². The van der Waals surface area contributed by atoms with Gasteiger partial charge in [0.05, 0.1) is 24.9 Å². The summed E-state index contributed by atoms with van der Waals surface area (Å²) in [6, 6.07) is 11.3. The highest BCUT2D eigenvalue weighted by molar-refractivity contribution is 6.06. The van der Waals surface area contributed by atoms with E-state index < -0.39 is 11.8 Å². The summed E-state index contributed by atoms with van der Waals surface area (Å²) in [6.45, 7) is 3.71. The lowest BCUT2D eigenvalue weighted by molar-refractivity contribution is -0.141. The standard InChI is InChI=1S/C18H15F2NO2/c1-3-12-6-9-15-16(10-12)21(17(22)18(15,19)20)11-13-4-7-14(23-2)8-5-13/h3-10H,1,11H2,2H3. The fraction of sp³-hybridized carbons (Fsp3) is 0.167. The van der Waals surface area contributed by atoms with Crippen molar-refractivity contribution in [3.05, 3.63) is 65.7 Å². The van der Waals surface area contributed by atoms with Crippen molar-refractivity contribution in [2.45, 2.75) is 12.5 Å². The second kappa shape index (κ2) is 5.50. The van der Waals surface area contributed by atoms with Crippen molar-refractivity contribution in [3.8, 4) is 5.75 Å². The van der Waals surface area contributed by atoms with E-state index in [1.54, 1.807) is 43.5 Å². The lowest BCUT2D eigenvalue weighted by Crippen LogP contribution is -2.34. The molecule has 0 saturated heterocycles. The Kier molecular flexibility index (Phi) is 3.64. The number of carbonyl (C=O) groups is 1. The van der Waals surface area contributed by atoms with E-state index in [4.69, 9.17) is 4.74 Å². The Labute approximate surface area is 132 Å². The number of halogens is 2. The third-order valence-corrected chi connectivity index (χ3v) is 3.90. The fourth-order valence-electron chi connectivity index (χ4n) is 2.63. The highest BCUT2D eigenvalue weighted by Gasteiger charge is 2.52. The maximum Gasteiger partial charge on any atom is 0.352 e. The van der Waals surface area contributed by atoms with Crippen molar-refractivity contribution in [2.75, 3.05) is 12.0 Å². The van der Waals surface area contributed by atoms with Crippen LogP contribution >= 0.6 is 0 Å². The first-order valence-electron chi connectivity index (χ1n) is 7.07. The van der Waals surface area contributed by atoms with E-state index in [1.807, 2.05) is 0 Å². The highest BCUT2D eigenvalue weighted by Crippen LogP contribution is 2.45. The van der Waals surface area contributed by atoms with Crippen LogP contribution in [0.2, 0.25) is 0 Å². The molecule has 0 bridgehead atoms. The zero-order valence-corrected chi connectivity index (χ0v) is 12.6. The molecule has 118 valence electrons. The maximum absolute atomic E-state index is 14.2. The minimum Gasteiger partial charge on any atom is -0.497 e. The molecule has 1 aliphatic heterocycles. The number of alkyl halides is 2. The Morgan fingerprint density at radius 2 is 1.91 bits per heavy atom. The van der Waals surface area contributed by atoms with E-state index in [2.05, 4.69) is 6.58 Å². The molecule has 0 atom stereocenters. The van der Waals surface area contributed by atoms with Crippen LogP contribution in [0.3, 0.4) is 0 Å². The number of hydrogen-bond donors (Lipinski definition) is 0. The molecule has 2 aromatic carbocycles. The first-order valence-corrected chi connectivity index (χ1v) is 7.07. The average molecular weight is 315 g/mol. The van der Waals surface area contributed by atoms with E-state index in [0.717, 1.165) is 10.5 Å². The van der Waals surface area contributed by atoms with Gasteiger partial charge in [-0.25, -0.2) is 0 Å². The first-order chi connectivity index (χ1) is 11.0. The molecule has 2 aromatic rings. The van der Waals surface area contributed by atoms with Crippen LogP contribution in [0, 0.1) is 0 Å². The summed E-state index contributed by atoms with van der Waals surface area (Å²) in [7, 11) is 1.55. The van der Waals surface area contributed by atoms with Gasteiger partial charge in [0.2, 0.25) is 0 Å². The maximum atomic E-state index is 14.2. The van der Waals surface area contributed by atoms with Crippen molar-refractivity contribution in [1.82, 2.24) is 0 Å². The van der Waals surface area contributed by atoms with Gasteiger partial charge in [-0.05, 0) is 35.4 Å². The molecule has 0 fully saturated rings. The zero-order chi connectivity index (χ0) is 16.6. The SMILES string of the molecule is C=Cc1ccc2c(c1)N(Cc1ccc(OC)cc1)C(=O)C2(F)F. The lowest BCUT2D eigenvalue weighted by Gasteiger charge is -2.18. The van der Waals surface area contributed by atoms with Gasteiger partial charge in [0.15, 0.2) is 0 Å². The largest absolute Gasteiger partial charge is 0.497 e. The van der Waals surface area contributed by atoms with Crippen LogP contribution in [0.5, 0.6) is 5.75 Å². The van der Waals surface area contributed by atoms with Gasteiger partial charge >= 0.3 is 11.8 Å². The van der Waals surface area contributed by atoms with Crippen LogP contribution < -0.4 is 9.64 Å². The van der Waals surface area contributed by atoms with Crippen LogP contribution in [0.15, 0.2) is 49.0 Å². The number of anilines is 1. The van der Waals surface area contributed by atoms with E-state index >= 15 is 0 Å². The van der Waals surface area contributed by atoms with Gasteiger partial charge in [-0.15, -0.1) is 0 Å². The van der Waals surface area contributed by atoms with Gasteiger partial charge in [-0.1, -0.05) is 30.9 Å². The van der Waals surface area contributed by atoms with Crippen molar-refractivity contribution in [1.29, 1.82) is 0 Å². The first kappa shape index (κ1) is 15.2. The van der Waals surface area contributed by atoms with E-state index in [0.29, 0.717) is 11.3 Å². The monoisotopic (exact) mass is 315 g/mol. The summed E-state index contributed by atoms with van der Waals surface area (Å²) < 4.78 is 33.5. The molecule has 0 unspecified atom stereocenters. The third kappa shape index (κ3) is 2.48. The molecule has 1 amide bonds. The summed E-state index contributed by atoms with van der Waals surface area (Å²) >= 11 is 0. The lowest BCUT2D eigenvalue weighted by atomic mass is 10.1. The summed E-state index contributed by atoms with van der Waals surface area (Å²) in [4.78, 5) is 13.3. The molecule has 1 aliphatic rings. The van der Waals surface area contributed by atoms with Gasteiger partial charge in [0.25, 0.3) is 0 Å². The Balaban J connectivity index is 1.99. The minimum absolute atomic E-state index is 0.0754. The summed E-state index contributed by atoms with van der Waals surface area (Å²) in [6.07, 6.45) is 1.56. The summed E-state index contributed by atoms with van der Waals surface area (Å²) in [5.41, 5.74) is 1.40. The molecule has 0 saturated carbocycles. The van der Waals surface area contributed by atoms with Crippen molar-refractivity contribution in [3.63, 3.8) is 0 Å². The molecule has 3 rings (SSSR count). The number of hydrogen-bond acceptors (Lipinski definition) is 2. The zero-order valence-electron chi connectivity index (χ0n) is 12.6. The molecule has 23 heavy (non-hydrogen) atoms. The second-order valence-corrected chi connectivity index (χ2v) is 5.29. The van der Waals surface area contributed by atoms with Crippen molar-refractivity contribution in [2.24, 2.45) is 0 Å². The predicted octanol–water partition coefficient (Wildman–Crippen LogP) is 3.98. The number of rotatable bonds is 4. The second-order valence-electron chi connectivity index (χ2n) is 5.29. The molecule has 0 aromatic heterocycles.